The van der Waals surface area contributed by atoms with Gasteiger partial charge < -0.3 is 10.6 Å². The molecule has 1 aromatic carbocycles. The standard InChI is InChI=1S/C14H17F3N2O/c1-8-6-18-3-2-9(8)7-19-14(20)10-4-11(15)13(17)12(16)5-10/h4-5,8-9,18H,2-3,6-7H2,1H3,(H,19,20). The third-order valence-corrected chi connectivity index (χ3v) is 3.73. The first-order valence-corrected chi connectivity index (χ1v) is 6.62. The Labute approximate surface area is 115 Å². The summed E-state index contributed by atoms with van der Waals surface area (Å²) in [6.07, 6.45) is 0.938. The molecule has 0 spiro atoms. The highest BCUT2D eigenvalue weighted by atomic mass is 19.2. The van der Waals surface area contributed by atoms with Gasteiger partial charge in [0.15, 0.2) is 17.5 Å². The van der Waals surface area contributed by atoms with Crippen LogP contribution < -0.4 is 10.6 Å². The molecule has 6 heteroatoms. The SMILES string of the molecule is CC1CNCCC1CNC(=O)c1cc(F)c(F)c(F)c1. The van der Waals surface area contributed by atoms with Crippen LogP contribution in [0, 0.1) is 29.3 Å². The fourth-order valence-electron chi connectivity index (χ4n) is 2.38. The van der Waals surface area contributed by atoms with E-state index in [-0.39, 0.29) is 5.56 Å². The lowest BCUT2D eigenvalue weighted by molar-refractivity contribution is 0.0937. The Morgan fingerprint density at radius 2 is 2.00 bits per heavy atom. The maximum atomic E-state index is 13.1. The van der Waals surface area contributed by atoms with E-state index < -0.39 is 23.4 Å². The molecule has 1 aliphatic heterocycles. The highest BCUT2D eigenvalue weighted by molar-refractivity contribution is 5.94. The number of benzene rings is 1. The molecule has 2 atom stereocenters. The van der Waals surface area contributed by atoms with Crippen molar-refractivity contribution in [3.8, 4) is 0 Å². The molecule has 1 saturated heterocycles. The summed E-state index contributed by atoms with van der Waals surface area (Å²) >= 11 is 0. The molecule has 0 aliphatic carbocycles. The van der Waals surface area contributed by atoms with Gasteiger partial charge >= 0.3 is 0 Å². The first-order valence-electron chi connectivity index (χ1n) is 6.62. The van der Waals surface area contributed by atoms with Gasteiger partial charge in [0, 0.05) is 12.1 Å². The molecule has 0 radical (unpaired) electrons. The maximum Gasteiger partial charge on any atom is 0.251 e. The molecule has 0 aromatic heterocycles. The van der Waals surface area contributed by atoms with Crippen molar-refractivity contribution in [3.63, 3.8) is 0 Å². The summed E-state index contributed by atoms with van der Waals surface area (Å²) in [6.45, 7) is 4.31. The van der Waals surface area contributed by atoms with E-state index >= 15 is 0 Å². The Bertz CT molecular complexity index is 484. The van der Waals surface area contributed by atoms with Crippen molar-refractivity contribution in [2.45, 2.75) is 13.3 Å². The molecule has 1 heterocycles. The van der Waals surface area contributed by atoms with Crippen LogP contribution in [0.5, 0.6) is 0 Å². The fourth-order valence-corrected chi connectivity index (χ4v) is 2.38. The molecule has 0 saturated carbocycles. The van der Waals surface area contributed by atoms with E-state index in [1.165, 1.54) is 0 Å². The number of halogens is 3. The van der Waals surface area contributed by atoms with E-state index in [9.17, 15) is 18.0 Å². The van der Waals surface area contributed by atoms with Crippen molar-refractivity contribution < 1.29 is 18.0 Å². The van der Waals surface area contributed by atoms with Gasteiger partial charge in [-0.15, -0.1) is 0 Å². The Morgan fingerprint density at radius 3 is 2.60 bits per heavy atom. The minimum Gasteiger partial charge on any atom is -0.352 e. The van der Waals surface area contributed by atoms with E-state index in [1.807, 2.05) is 0 Å². The first-order chi connectivity index (χ1) is 9.49. The molecule has 2 rings (SSSR count). The molecular formula is C14H17F3N2O. The predicted molar refractivity (Wildman–Crippen MR) is 68.8 cm³/mol. The molecule has 1 aromatic rings. The van der Waals surface area contributed by atoms with Crippen LogP contribution in [-0.4, -0.2) is 25.5 Å². The van der Waals surface area contributed by atoms with Crippen molar-refractivity contribution in [3.05, 3.63) is 35.1 Å². The summed E-state index contributed by atoms with van der Waals surface area (Å²) in [4.78, 5) is 11.8. The summed E-state index contributed by atoms with van der Waals surface area (Å²) in [6, 6.07) is 1.42. The molecule has 1 amide bonds. The quantitative estimate of drug-likeness (QED) is 0.835. The van der Waals surface area contributed by atoms with E-state index in [1.54, 1.807) is 0 Å². The van der Waals surface area contributed by atoms with Crippen molar-refractivity contribution in [1.82, 2.24) is 10.6 Å². The van der Waals surface area contributed by atoms with Gasteiger partial charge in [0.2, 0.25) is 0 Å². The number of hydrogen-bond donors (Lipinski definition) is 2. The van der Waals surface area contributed by atoms with Crippen molar-refractivity contribution in [2.75, 3.05) is 19.6 Å². The summed E-state index contributed by atoms with van der Waals surface area (Å²) in [5.41, 5.74) is -0.206. The fraction of sp³-hybridized carbons (Fsp3) is 0.500. The average Bonchev–Trinajstić information content (AvgIpc) is 2.43. The molecular weight excluding hydrogens is 269 g/mol. The molecule has 20 heavy (non-hydrogen) atoms. The zero-order valence-electron chi connectivity index (χ0n) is 11.2. The molecule has 110 valence electrons. The second-order valence-electron chi connectivity index (χ2n) is 5.19. The molecule has 2 N–H and O–H groups in total. The van der Waals surface area contributed by atoms with Gasteiger partial charge in [0.05, 0.1) is 0 Å². The number of piperidine rings is 1. The molecule has 3 nitrogen and oxygen atoms in total. The van der Waals surface area contributed by atoms with E-state index in [0.717, 1.165) is 19.5 Å². The summed E-state index contributed by atoms with van der Waals surface area (Å²) in [5.74, 6) is -4.11. The van der Waals surface area contributed by atoms with Crippen molar-refractivity contribution in [1.29, 1.82) is 0 Å². The Morgan fingerprint density at radius 1 is 1.35 bits per heavy atom. The van der Waals surface area contributed by atoms with Gasteiger partial charge in [-0.25, -0.2) is 13.2 Å². The smallest absolute Gasteiger partial charge is 0.251 e. The third kappa shape index (κ3) is 3.30. The lowest BCUT2D eigenvalue weighted by Crippen LogP contribution is -2.41. The third-order valence-electron chi connectivity index (χ3n) is 3.73. The minimum atomic E-state index is -1.56. The van der Waals surface area contributed by atoms with Gasteiger partial charge in [-0.1, -0.05) is 6.92 Å². The zero-order chi connectivity index (χ0) is 14.7. The van der Waals surface area contributed by atoms with Crippen LogP contribution in [0.15, 0.2) is 12.1 Å². The van der Waals surface area contributed by atoms with Gasteiger partial charge in [-0.2, -0.15) is 0 Å². The summed E-state index contributed by atoms with van der Waals surface area (Å²) in [5, 5.41) is 5.90. The normalized spacial score (nSPS) is 22.6. The second kappa shape index (κ2) is 6.26. The highest BCUT2D eigenvalue weighted by Gasteiger charge is 2.22. The van der Waals surface area contributed by atoms with E-state index in [4.69, 9.17) is 0 Å². The number of rotatable bonds is 3. The predicted octanol–water partition coefficient (Wildman–Crippen LogP) is 2.08. The Kier molecular flexibility index (Phi) is 4.65. The van der Waals surface area contributed by atoms with Crippen LogP contribution in [0.1, 0.15) is 23.7 Å². The largest absolute Gasteiger partial charge is 0.352 e. The second-order valence-corrected chi connectivity index (χ2v) is 5.19. The van der Waals surface area contributed by atoms with Gasteiger partial charge in [0.1, 0.15) is 0 Å². The summed E-state index contributed by atoms with van der Waals surface area (Å²) < 4.78 is 38.9. The van der Waals surface area contributed by atoms with Gasteiger partial charge in [-0.05, 0) is 43.5 Å². The minimum absolute atomic E-state index is 0.206. The van der Waals surface area contributed by atoms with Crippen LogP contribution in [0.2, 0.25) is 0 Å². The van der Waals surface area contributed by atoms with Gasteiger partial charge in [0.25, 0.3) is 5.91 Å². The van der Waals surface area contributed by atoms with Crippen LogP contribution in [0.3, 0.4) is 0 Å². The highest BCUT2D eigenvalue weighted by Crippen LogP contribution is 2.18. The summed E-state index contributed by atoms with van der Waals surface area (Å²) in [7, 11) is 0. The number of hydrogen-bond acceptors (Lipinski definition) is 2. The number of amides is 1. The topological polar surface area (TPSA) is 41.1 Å². The van der Waals surface area contributed by atoms with Gasteiger partial charge in [-0.3, -0.25) is 4.79 Å². The zero-order valence-corrected chi connectivity index (χ0v) is 11.2. The molecule has 1 aliphatic rings. The van der Waals surface area contributed by atoms with Crippen LogP contribution >= 0.6 is 0 Å². The number of carbonyl (C=O) groups excluding carboxylic acids is 1. The first kappa shape index (κ1) is 14.8. The number of nitrogens with one attached hydrogen (secondary N) is 2. The van der Waals surface area contributed by atoms with Crippen LogP contribution in [0.4, 0.5) is 13.2 Å². The van der Waals surface area contributed by atoms with Crippen LogP contribution in [0.25, 0.3) is 0 Å². The maximum absolute atomic E-state index is 13.1. The number of carbonyl (C=O) groups is 1. The monoisotopic (exact) mass is 286 g/mol. The average molecular weight is 286 g/mol. The van der Waals surface area contributed by atoms with Crippen molar-refractivity contribution in [2.24, 2.45) is 11.8 Å². The van der Waals surface area contributed by atoms with Crippen molar-refractivity contribution >= 4 is 5.91 Å². The van der Waals surface area contributed by atoms with Crippen LogP contribution in [-0.2, 0) is 0 Å². The lowest BCUT2D eigenvalue weighted by Gasteiger charge is -2.29. The van der Waals surface area contributed by atoms with E-state index in [0.29, 0.717) is 30.5 Å². The molecule has 2 unspecified atom stereocenters. The Hall–Kier alpha value is -1.56. The Balaban J connectivity index is 1.98. The van der Waals surface area contributed by atoms with E-state index in [2.05, 4.69) is 17.6 Å². The molecule has 1 fully saturated rings. The lowest BCUT2D eigenvalue weighted by atomic mass is 9.88. The molecule has 0 bridgehead atoms.